The van der Waals surface area contributed by atoms with Crippen molar-refractivity contribution in [2.45, 2.75) is 36.6 Å². The van der Waals surface area contributed by atoms with Gasteiger partial charge in [0.05, 0.1) is 23.6 Å². The van der Waals surface area contributed by atoms with Crippen molar-refractivity contribution in [2.75, 3.05) is 25.0 Å². The number of anilines is 1. The molecule has 0 radical (unpaired) electrons. The normalized spacial score (nSPS) is 15.8. The molecule has 1 saturated heterocycles. The van der Waals surface area contributed by atoms with Gasteiger partial charge in [-0.15, -0.1) is 0 Å². The van der Waals surface area contributed by atoms with Crippen molar-refractivity contribution in [1.29, 1.82) is 5.41 Å². The molecule has 1 fully saturated rings. The van der Waals surface area contributed by atoms with E-state index >= 15 is 0 Å². The molecule has 1 aliphatic heterocycles. The number of carboxylic acid groups (broad SMARTS) is 1. The van der Waals surface area contributed by atoms with Gasteiger partial charge in [-0.1, -0.05) is 36.4 Å². The Labute approximate surface area is 276 Å². The van der Waals surface area contributed by atoms with Gasteiger partial charge in [0.2, 0.25) is 21.8 Å². The van der Waals surface area contributed by atoms with Crippen LogP contribution in [0.2, 0.25) is 0 Å². The number of carboxylic acids is 1. The summed E-state index contributed by atoms with van der Waals surface area (Å²) in [6.07, 6.45) is -5.83. The molecule has 3 aromatic rings. The lowest BCUT2D eigenvalue weighted by molar-refractivity contribution is -0.192. The molecule has 4 rings (SSSR count). The summed E-state index contributed by atoms with van der Waals surface area (Å²) >= 11 is 3.40. The third-order valence-electron chi connectivity index (χ3n) is 6.70. The van der Waals surface area contributed by atoms with E-state index < -0.39 is 46.4 Å². The van der Waals surface area contributed by atoms with E-state index in [4.69, 9.17) is 25.8 Å². The highest BCUT2D eigenvalue weighted by atomic mass is 79.9. The second-order valence-corrected chi connectivity index (χ2v) is 12.9. The van der Waals surface area contributed by atoms with Gasteiger partial charge in [-0.3, -0.25) is 15.0 Å². The Kier molecular flexibility index (Phi) is 12.6. The van der Waals surface area contributed by atoms with Crippen molar-refractivity contribution in [3.8, 4) is 0 Å². The summed E-state index contributed by atoms with van der Waals surface area (Å²) in [5, 5.41) is 19.9. The summed E-state index contributed by atoms with van der Waals surface area (Å²) in [5.74, 6) is -3.82. The number of ether oxygens (including phenoxy) is 1. The van der Waals surface area contributed by atoms with Crippen molar-refractivity contribution in [3.63, 3.8) is 0 Å². The monoisotopic (exact) mass is 741 g/mol. The molecular weight excluding hydrogens is 711 g/mol. The summed E-state index contributed by atoms with van der Waals surface area (Å²) in [5.41, 5.74) is 8.02. The van der Waals surface area contributed by atoms with Gasteiger partial charge in [0.15, 0.2) is 0 Å². The number of sulfonamides is 1. The van der Waals surface area contributed by atoms with Crippen molar-refractivity contribution < 1.29 is 45.8 Å². The lowest BCUT2D eigenvalue weighted by Crippen LogP contribution is -2.42. The second kappa shape index (κ2) is 16.0. The zero-order valence-electron chi connectivity index (χ0n) is 24.8. The molecule has 0 aromatic heterocycles. The molecule has 0 bridgehead atoms. The average Bonchev–Trinajstić information content (AvgIpc) is 3.01. The van der Waals surface area contributed by atoms with E-state index in [1.54, 1.807) is 43.3 Å². The predicted octanol–water partition coefficient (Wildman–Crippen LogP) is 4.33. The summed E-state index contributed by atoms with van der Waals surface area (Å²) in [4.78, 5) is 33.8. The fraction of sp³-hybridized carbons (Fsp3) is 0.267. The number of nitrogens with zero attached hydrogens (tertiary/aromatic N) is 1. The first-order valence-electron chi connectivity index (χ1n) is 13.8. The number of nitrogen functional groups attached to an aromatic ring is 1. The van der Waals surface area contributed by atoms with Gasteiger partial charge in [0, 0.05) is 28.8 Å². The number of amidine groups is 1. The molecule has 3 aromatic carbocycles. The summed E-state index contributed by atoms with van der Waals surface area (Å²) < 4.78 is 66.3. The molecule has 2 atom stereocenters. The summed E-state index contributed by atoms with van der Waals surface area (Å²) in [7, 11) is -3.80. The summed E-state index contributed by atoms with van der Waals surface area (Å²) in [6.45, 7) is 2.48. The first kappa shape index (κ1) is 37.1. The van der Waals surface area contributed by atoms with Gasteiger partial charge >= 0.3 is 12.1 Å². The van der Waals surface area contributed by atoms with E-state index in [2.05, 4.69) is 26.6 Å². The SMILES string of the molecule is CC(NC(=O)CC(=O)Nc1ccc(C(=N)N)cc1)c1ccc(S(=O)(=O)N2CCOC(c3ccccc3)C2)c(Br)c1.O=C(O)C(F)(F)F. The van der Waals surface area contributed by atoms with Gasteiger partial charge in [-0.25, -0.2) is 13.2 Å². The number of nitrogens with one attached hydrogen (secondary N) is 3. The predicted molar refractivity (Wildman–Crippen MR) is 169 cm³/mol. The average molecular weight is 743 g/mol. The first-order chi connectivity index (χ1) is 22.0. The minimum Gasteiger partial charge on any atom is -0.475 e. The molecule has 47 heavy (non-hydrogen) atoms. The van der Waals surface area contributed by atoms with Crippen LogP contribution in [0.1, 0.15) is 42.2 Å². The fourth-order valence-electron chi connectivity index (χ4n) is 4.31. The molecule has 2 unspecified atom stereocenters. The number of rotatable bonds is 9. The Morgan fingerprint density at radius 1 is 1.09 bits per heavy atom. The Morgan fingerprint density at radius 3 is 2.26 bits per heavy atom. The number of aliphatic carboxylic acids is 1. The Morgan fingerprint density at radius 2 is 1.70 bits per heavy atom. The number of hydrogen-bond acceptors (Lipinski definition) is 7. The first-order valence-corrected chi connectivity index (χ1v) is 16.0. The Hall–Kier alpha value is -4.32. The number of morpholine rings is 1. The van der Waals surface area contributed by atoms with Crippen LogP contribution in [0.25, 0.3) is 0 Å². The Balaban J connectivity index is 0.000000771. The van der Waals surface area contributed by atoms with Crippen LogP contribution in [0.5, 0.6) is 0 Å². The van der Waals surface area contributed by atoms with E-state index in [0.29, 0.717) is 21.3 Å². The lowest BCUT2D eigenvalue weighted by Gasteiger charge is -2.32. The number of nitrogens with two attached hydrogens (primary N) is 1. The second-order valence-electron chi connectivity index (χ2n) is 10.1. The smallest absolute Gasteiger partial charge is 0.475 e. The number of halogens is 4. The minimum absolute atomic E-state index is 0.0821. The van der Waals surface area contributed by atoms with Gasteiger partial charge in [-0.05, 0) is 70.4 Å². The van der Waals surface area contributed by atoms with E-state index in [9.17, 15) is 31.2 Å². The summed E-state index contributed by atoms with van der Waals surface area (Å²) in [6, 6.07) is 20.2. The standard InChI is InChI=1S/C28H30BrN5O5S.C2HF3O2/c1-18(32-26(35)16-27(36)33-22-10-7-20(8-11-22)28(30)31)21-9-12-25(23(29)15-21)40(37,38)34-13-14-39-24(17-34)19-5-3-2-4-6-19;3-2(4,5)1(6)7/h2-12,15,18,24H,13-14,16-17H2,1H3,(H3,30,31)(H,32,35)(H,33,36);(H,6,7). The molecular formula is C30H31BrF3N5O7S. The van der Waals surface area contributed by atoms with Crippen molar-refractivity contribution in [3.05, 3.63) is 94.0 Å². The number of amides is 2. The molecule has 2 amide bonds. The molecule has 0 saturated carbocycles. The lowest BCUT2D eigenvalue weighted by atomic mass is 10.1. The van der Waals surface area contributed by atoms with Crippen LogP contribution in [0, 0.1) is 5.41 Å². The highest BCUT2D eigenvalue weighted by Crippen LogP contribution is 2.31. The van der Waals surface area contributed by atoms with Gasteiger partial charge in [0.1, 0.15) is 12.3 Å². The molecule has 0 spiro atoms. The molecule has 252 valence electrons. The number of carbonyl (C=O) groups is 3. The highest BCUT2D eigenvalue weighted by molar-refractivity contribution is 9.10. The van der Waals surface area contributed by atoms with Crippen molar-refractivity contribution in [1.82, 2.24) is 9.62 Å². The van der Waals surface area contributed by atoms with Crippen molar-refractivity contribution >= 4 is 55.3 Å². The van der Waals surface area contributed by atoms with E-state index in [-0.39, 0.29) is 36.5 Å². The zero-order chi connectivity index (χ0) is 34.9. The molecule has 0 aliphatic carbocycles. The van der Waals surface area contributed by atoms with E-state index in [1.165, 1.54) is 10.4 Å². The number of hydrogen-bond donors (Lipinski definition) is 5. The third kappa shape index (κ3) is 10.6. The molecule has 1 heterocycles. The number of alkyl halides is 3. The minimum atomic E-state index is -5.08. The van der Waals surface area contributed by atoms with Gasteiger partial charge in [0.25, 0.3) is 0 Å². The van der Waals surface area contributed by atoms with Crippen LogP contribution in [0.4, 0.5) is 18.9 Å². The quantitative estimate of drug-likeness (QED) is 0.122. The van der Waals surface area contributed by atoms with E-state index in [1.807, 2.05) is 30.3 Å². The molecule has 12 nitrogen and oxygen atoms in total. The Bertz CT molecular complexity index is 1710. The topological polar surface area (TPSA) is 192 Å². The van der Waals surface area contributed by atoms with Gasteiger partial charge in [-0.2, -0.15) is 17.5 Å². The third-order valence-corrected chi connectivity index (χ3v) is 9.54. The molecule has 1 aliphatic rings. The molecule has 6 N–H and O–H groups in total. The number of benzene rings is 3. The van der Waals surface area contributed by atoms with Crippen LogP contribution in [0.15, 0.2) is 82.2 Å². The zero-order valence-corrected chi connectivity index (χ0v) is 27.2. The maximum absolute atomic E-state index is 13.5. The maximum Gasteiger partial charge on any atom is 0.490 e. The molecule has 17 heteroatoms. The van der Waals surface area contributed by atoms with E-state index in [0.717, 1.165) is 5.56 Å². The highest BCUT2D eigenvalue weighted by Gasteiger charge is 2.38. The van der Waals surface area contributed by atoms with Crippen LogP contribution < -0.4 is 16.4 Å². The van der Waals surface area contributed by atoms with Crippen LogP contribution >= 0.6 is 15.9 Å². The van der Waals surface area contributed by atoms with Crippen LogP contribution in [-0.2, 0) is 29.1 Å². The largest absolute Gasteiger partial charge is 0.490 e. The fourth-order valence-corrected chi connectivity index (χ4v) is 6.79. The maximum atomic E-state index is 13.5. The number of carbonyl (C=O) groups excluding carboxylic acids is 2. The van der Waals surface area contributed by atoms with Crippen LogP contribution in [-0.4, -0.2) is 67.3 Å². The van der Waals surface area contributed by atoms with Gasteiger partial charge < -0.3 is 26.2 Å². The van der Waals surface area contributed by atoms with Crippen LogP contribution in [0.3, 0.4) is 0 Å². The van der Waals surface area contributed by atoms with Crippen molar-refractivity contribution in [2.24, 2.45) is 5.73 Å².